The maximum atomic E-state index is 6.40. The minimum atomic E-state index is 0.575. The number of aromatic nitrogens is 3. The second kappa shape index (κ2) is 6.42. The third-order valence-electron chi connectivity index (χ3n) is 3.65. The van der Waals surface area contributed by atoms with Gasteiger partial charge >= 0.3 is 0 Å². The van der Waals surface area contributed by atoms with E-state index >= 15 is 0 Å². The van der Waals surface area contributed by atoms with Crippen molar-refractivity contribution in [1.29, 1.82) is 0 Å². The number of benzene rings is 1. The molecule has 1 N–H and O–H groups in total. The predicted molar refractivity (Wildman–Crippen MR) is 95.3 cm³/mol. The van der Waals surface area contributed by atoms with Crippen molar-refractivity contribution in [3.05, 3.63) is 59.0 Å². The number of pyridine rings is 1. The summed E-state index contributed by atoms with van der Waals surface area (Å²) in [5, 5.41) is 3.82. The number of hydrogen-bond donors (Lipinski definition) is 1. The standard InChI is InChI=1S/C18H19ClN4/c1-4-23-11-13(3)21-18(23)14-9-16(19)17(20-10-14)22-15-7-5-12(2)6-8-15/h5-11H,4H2,1-3H3,(H,20,22). The highest BCUT2D eigenvalue weighted by molar-refractivity contribution is 6.33. The van der Waals surface area contributed by atoms with Crippen molar-refractivity contribution < 1.29 is 0 Å². The second-order valence-corrected chi connectivity index (χ2v) is 5.94. The Kier molecular flexibility index (Phi) is 4.35. The first-order valence-corrected chi connectivity index (χ1v) is 7.98. The number of nitrogens with zero attached hydrogens (tertiary/aromatic N) is 3. The van der Waals surface area contributed by atoms with Crippen molar-refractivity contribution >= 4 is 23.1 Å². The summed E-state index contributed by atoms with van der Waals surface area (Å²) in [4.78, 5) is 9.02. The Morgan fingerprint density at radius 2 is 1.91 bits per heavy atom. The van der Waals surface area contributed by atoms with E-state index < -0.39 is 0 Å². The topological polar surface area (TPSA) is 42.7 Å². The van der Waals surface area contributed by atoms with E-state index in [0.717, 1.165) is 29.3 Å². The lowest BCUT2D eigenvalue weighted by Crippen LogP contribution is -1.99. The van der Waals surface area contributed by atoms with Crippen LogP contribution in [0.5, 0.6) is 0 Å². The molecule has 4 nitrogen and oxygen atoms in total. The Hall–Kier alpha value is -2.33. The van der Waals surface area contributed by atoms with Gasteiger partial charge in [0.15, 0.2) is 0 Å². The van der Waals surface area contributed by atoms with Crippen LogP contribution in [0.15, 0.2) is 42.7 Å². The van der Waals surface area contributed by atoms with E-state index in [1.54, 1.807) is 6.20 Å². The molecule has 2 heterocycles. The van der Waals surface area contributed by atoms with Gasteiger partial charge in [-0.2, -0.15) is 0 Å². The third-order valence-corrected chi connectivity index (χ3v) is 3.94. The lowest BCUT2D eigenvalue weighted by atomic mass is 10.2. The van der Waals surface area contributed by atoms with E-state index in [-0.39, 0.29) is 0 Å². The van der Waals surface area contributed by atoms with E-state index in [4.69, 9.17) is 11.6 Å². The van der Waals surface area contributed by atoms with Crippen LogP contribution in [0.1, 0.15) is 18.2 Å². The zero-order valence-corrected chi connectivity index (χ0v) is 14.2. The molecule has 3 rings (SSSR count). The van der Waals surface area contributed by atoms with Gasteiger partial charge in [0.25, 0.3) is 0 Å². The Morgan fingerprint density at radius 1 is 1.17 bits per heavy atom. The number of hydrogen-bond acceptors (Lipinski definition) is 3. The molecule has 0 unspecified atom stereocenters. The van der Waals surface area contributed by atoms with Crippen LogP contribution in [0.4, 0.5) is 11.5 Å². The summed E-state index contributed by atoms with van der Waals surface area (Å²) in [5.41, 5.74) is 4.08. The number of aryl methyl sites for hydroxylation is 3. The molecule has 0 aliphatic carbocycles. The van der Waals surface area contributed by atoms with Crippen LogP contribution in [0.2, 0.25) is 5.02 Å². The fourth-order valence-electron chi connectivity index (χ4n) is 2.44. The minimum absolute atomic E-state index is 0.575. The molecule has 0 fully saturated rings. The molecule has 0 saturated heterocycles. The molecule has 23 heavy (non-hydrogen) atoms. The highest BCUT2D eigenvalue weighted by atomic mass is 35.5. The molecule has 0 amide bonds. The van der Waals surface area contributed by atoms with Gasteiger partial charge in [0.05, 0.1) is 10.7 Å². The Morgan fingerprint density at radius 3 is 2.57 bits per heavy atom. The molecule has 3 aromatic rings. The molecule has 0 bridgehead atoms. The van der Waals surface area contributed by atoms with Gasteiger partial charge in [0, 0.05) is 30.2 Å². The monoisotopic (exact) mass is 326 g/mol. The average molecular weight is 327 g/mol. The van der Waals surface area contributed by atoms with Gasteiger partial charge in [0.1, 0.15) is 11.6 Å². The number of nitrogens with one attached hydrogen (secondary N) is 1. The normalized spacial score (nSPS) is 10.8. The van der Waals surface area contributed by atoms with Crippen LogP contribution >= 0.6 is 11.6 Å². The fraction of sp³-hybridized carbons (Fsp3) is 0.222. The van der Waals surface area contributed by atoms with E-state index in [0.29, 0.717) is 10.8 Å². The van der Waals surface area contributed by atoms with Crippen LogP contribution in [0.25, 0.3) is 11.4 Å². The van der Waals surface area contributed by atoms with Crippen LogP contribution in [-0.4, -0.2) is 14.5 Å². The Bertz CT molecular complexity index is 822. The van der Waals surface area contributed by atoms with Crippen LogP contribution in [-0.2, 0) is 6.54 Å². The molecular formula is C18H19ClN4. The molecule has 2 aromatic heterocycles. The summed E-state index contributed by atoms with van der Waals surface area (Å²) in [6, 6.07) is 10.0. The summed E-state index contributed by atoms with van der Waals surface area (Å²) in [6.45, 7) is 6.99. The summed E-state index contributed by atoms with van der Waals surface area (Å²) in [6.07, 6.45) is 3.83. The molecular weight excluding hydrogens is 308 g/mol. The first-order valence-electron chi connectivity index (χ1n) is 7.60. The largest absolute Gasteiger partial charge is 0.339 e. The first kappa shape index (κ1) is 15.6. The van der Waals surface area contributed by atoms with Gasteiger partial charge < -0.3 is 9.88 Å². The van der Waals surface area contributed by atoms with Gasteiger partial charge in [0.2, 0.25) is 0 Å². The van der Waals surface area contributed by atoms with Gasteiger partial charge in [-0.25, -0.2) is 9.97 Å². The molecule has 0 saturated carbocycles. The van der Waals surface area contributed by atoms with E-state index in [9.17, 15) is 0 Å². The lowest BCUT2D eigenvalue weighted by molar-refractivity contribution is 0.770. The number of rotatable bonds is 4. The molecule has 0 aliphatic heterocycles. The Balaban J connectivity index is 1.89. The maximum Gasteiger partial charge on any atom is 0.149 e. The number of imidazole rings is 1. The van der Waals surface area contributed by atoms with Crippen molar-refractivity contribution in [2.75, 3.05) is 5.32 Å². The fourth-order valence-corrected chi connectivity index (χ4v) is 2.66. The van der Waals surface area contributed by atoms with Crippen LogP contribution < -0.4 is 5.32 Å². The van der Waals surface area contributed by atoms with Crippen molar-refractivity contribution in [1.82, 2.24) is 14.5 Å². The van der Waals surface area contributed by atoms with Crippen molar-refractivity contribution in [3.8, 4) is 11.4 Å². The zero-order chi connectivity index (χ0) is 16.4. The van der Waals surface area contributed by atoms with Crippen molar-refractivity contribution in [2.45, 2.75) is 27.3 Å². The third kappa shape index (κ3) is 3.37. The molecule has 0 radical (unpaired) electrons. The lowest BCUT2D eigenvalue weighted by Gasteiger charge is -2.10. The summed E-state index contributed by atoms with van der Waals surface area (Å²) >= 11 is 6.40. The van der Waals surface area contributed by atoms with Gasteiger partial charge in [-0.05, 0) is 39.0 Å². The molecule has 0 aliphatic rings. The molecule has 0 atom stereocenters. The SMILES string of the molecule is CCn1cc(C)nc1-c1cnc(Nc2ccc(C)cc2)c(Cl)c1. The van der Waals surface area contributed by atoms with Crippen LogP contribution in [0.3, 0.4) is 0 Å². The minimum Gasteiger partial charge on any atom is -0.339 e. The number of anilines is 2. The summed E-state index contributed by atoms with van der Waals surface area (Å²) in [7, 11) is 0. The zero-order valence-electron chi connectivity index (χ0n) is 13.5. The average Bonchev–Trinajstić information content (AvgIpc) is 2.92. The molecule has 0 spiro atoms. The molecule has 118 valence electrons. The van der Waals surface area contributed by atoms with E-state index in [1.165, 1.54) is 5.56 Å². The smallest absolute Gasteiger partial charge is 0.149 e. The van der Waals surface area contributed by atoms with Gasteiger partial charge in [-0.3, -0.25) is 0 Å². The van der Waals surface area contributed by atoms with Gasteiger partial charge in [-0.1, -0.05) is 29.3 Å². The summed E-state index contributed by atoms with van der Waals surface area (Å²) < 4.78 is 2.09. The van der Waals surface area contributed by atoms with Crippen LogP contribution in [0, 0.1) is 13.8 Å². The van der Waals surface area contributed by atoms with Crippen molar-refractivity contribution in [2.24, 2.45) is 0 Å². The van der Waals surface area contributed by atoms with E-state index in [2.05, 4.69) is 33.7 Å². The van der Waals surface area contributed by atoms with Crippen molar-refractivity contribution in [3.63, 3.8) is 0 Å². The Labute approximate surface area is 141 Å². The van der Waals surface area contributed by atoms with Gasteiger partial charge in [-0.15, -0.1) is 0 Å². The quantitative estimate of drug-likeness (QED) is 0.735. The van der Waals surface area contributed by atoms with E-state index in [1.807, 2.05) is 43.5 Å². The predicted octanol–water partition coefficient (Wildman–Crippen LogP) is 4.98. The maximum absolute atomic E-state index is 6.40. The molecule has 1 aromatic carbocycles. The first-order chi connectivity index (χ1) is 11.1. The number of halogens is 1. The highest BCUT2D eigenvalue weighted by Crippen LogP contribution is 2.28. The highest BCUT2D eigenvalue weighted by Gasteiger charge is 2.11. The molecule has 5 heteroatoms. The summed E-state index contributed by atoms with van der Waals surface area (Å²) in [5.74, 6) is 1.53. The second-order valence-electron chi connectivity index (χ2n) is 5.54.